The van der Waals surface area contributed by atoms with Crippen molar-refractivity contribution < 1.29 is 4.39 Å². The molecule has 16 heavy (non-hydrogen) atoms. The summed E-state index contributed by atoms with van der Waals surface area (Å²) in [6, 6.07) is 4.29. The molecule has 0 radical (unpaired) electrons. The van der Waals surface area contributed by atoms with Gasteiger partial charge in [-0.05, 0) is 25.1 Å². The minimum absolute atomic E-state index is 0.358. The number of anilines is 2. The smallest absolute Gasteiger partial charge is 0.207 e. The number of imidazole rings is 1. The first-order valence-electron chi connectivity index (χ1n) is 4.93. The Hall–Kier alpha value is -1.55. The highest BCUT2D eigenvalue weighted by Crippen LogP contribution is 2.21. The minimum Gasteiger partial charge on any atom is -0.325 e. The van der Waals surface area contributed by atoms with Gasteiger partial charge in [0.1, 0.15) is 5.82 Å². The lowest BCUT2D eigenvalue weighted by Gasteiger charge is -2.08. The maximum absolute atomic E-state index is 13.1. The normalized spacial score (nSPS) is 10.4. The van der Waals surface area contributed by atoms with E-state index in [1.54, 1.807) is 12.3 Å². The largest absolute Gasteiger partial charge is 0.325 e. The summed E-state index contributed by atoms with van der Waals surface area (Å²) in [6.07, 6.45) is 3.54. The van der Waals surface area contributed by atoms with Crippen LogP contribution in [0.4, 0.5) is 16.0 Å². The monoisotopic (exact) mass is 239 g/mol. The van der Waals surface area contributed by atoms with Crippen molar-refractivity contribution in [3.8, 4) is 0 Å². The van der Waals surface area contributed by atoms with Gasteiger partial charge in [-0.15, -0.1) is 0 Å². The number of nitrogens with zero attached hydrogens (tertiary/aromatic N) is 2. The number of aryl methyl sites for hydroxylation is 1. The molecule has 0 unspecified atom stereocenters. The first-order chi connectivity index (χ1) is 7.69. The van der Waals surface area contributed by atoms with Crippen molar-refractivity contribution >= 4 is 23.2 Å². The van der Waals surface area contributed by atoms with Crippen LogP contribution in [0.5, 0.6) is 0 Å². The molecule has 84 valence electrons. The Morgan fingerprint density at radius 1 is 1.44 bits per heavy atom. The number of halogens is 2. The topological polar surface area (TPSA) is 29.9 Å². The van der Waals surface area contributed by atoms with Gasteiger partial charge in [0, 0.05) is 29.6 Å². The summed E-state index contributed by atoms with van der Waals surface area (Å²) in [5.74, 6) is 0.300. The third kappa shape index (κ3) is 2.33. The molecule has 2 aromatic rings. The summed E-state index contributed by atoms with van der Waals surface area (Å²) in [6.45, 7) is 2.80. The Balaban J connectivity index is 2.26. The van der Waals surface area contributed by atoms with Crippen molar-refractivity contribution in [1.29, 1.82) is 0 Å². The van der Waals surface area contributed by atoms with Crippen LogP contribution in [-0.4, -0.2) is 9.55 Å². The standard InChI is InChI=1S/C11H11ClFN3/c1-2-16-4-3-14-11(16)15-10-6-8(12)5-9(13)7-10/h3-7H,2H2,1H3,(H,14,15). The predicted molar refractivity (Wildman–Crippen MR) is 62.6 cm³/mol. The highest BCUT2D eigenvalue weighted by atomic mass is 35.5. The molecule has 0 aliphatic carbocycles. The second-order valence-corrected chi connectivity index (χ2v) is 3.76. The van der Waals surface area contributed by atoms with Gasteiger partial charge in [0.25, 0.3) is 0 Å². The fraction of sp³-hybridized carbons (Fsp3) is 0.182. The molecule has 0 amide bonds. The lowest BCUT2D eigenvalue weighted by Crippen LogP contribution is -2.01. The highest BCUT2D eigenvalue weighted by Gasteiger charge is 2.03. The number of rotatable bonds is 3. The molecule has 1 heterocycles. The molecule has 1 N–H and O–H groups in total. The van der Waals surface area contributed by atoms with E-state index in [1.807, 2.05) is 17.7 Å². The van der Waals surface area contributed by atoms with Gasteiger partial charge in [0.05, 0.1) is 0 Å². The molecule has 0 atom stereocenters. The van der Waals surface area contributed by atoms with E-state index in [4.69, 9.17) is 11.6 Å². The second kappa shape index (κ2) is 4.53. The lowest BCUT2D eigenvalue weighted by molar-refractivity contribution is 0.628. The Labute approximate surface area is 97.9 Å². The number of nitrogens with one attached hydrogen (secondary N) is 1. The average Bonchev–Trinajstić information content (AvgIpc) is 2.63. The Morgan fingerprint density at radius 2 is 2.25 bits per heavy atom. The van der Waals surface area contributed by atoms with Crippen LogP contribution >= 0.6 is 11.6 Å². The van der Waals surface area contributed by atoms with Crippen molar-refractivity contribution in [2.45, 2.75) is 13.5 Å². The number of hydrogen-bond acceptors (Lipinski definition) is 2. The fourth-order valence-corrected chi connectivity index (χ4v) is 1.67. The average molecular weight is 240 g/mol. The van der Waals surface area contributed by atoms with Crippen LogP contribution in [0.1, 0.15) is 6.92 Å². The lowest BCUT2D eigenvalue weighted by atomic mass is 10.3. The Kier molecular flexibility index (Phi) is 3.10. The van der Waals surface area contributed by atoms with Gasteiger partial charge in [0.15, 0.2) is 0 Å². The Bertz CT molecular complexity index is 475. The van der Waals surface area contributed by atoms with E-state index < -0.39 is 0 Å². The van der Waals surface area contributed by atoms with Crippen LogP contribution in [0.2, 0.25) is 5.02 Å². The zero-order valence-electron chi connectivity index (χ0n) is 8.74. The number of hydrogen-bond donors (Lipinski definition) is 1. The van der Waals surface area contributed by atoms with Crippen LogP contribution in [0, 0.1) is 5.82 Å². The molecule has 0 saturated carbocycles. The van der Waals surface area contributed by atoms with Gasteiger partial charge in [-0.25, -0.2) is 9.37 Å². The maximum Gasteiger partial charge on any atom is 0.207 e. The third-order valence-electron chi connectivity index (χ3n) is 2.17. The van der Waals surface area contributed by atoms with Crippen molar-refractivity contribution in [2.75, 3.05) is 5.32 Å². The molecule has 5 heteroatoms. The van der Waals surface area contributed by atoms with E-state index in [1.165, 1.54) is 12.1 Å². The van der Waals surface area contributed by atoms with E-state index >= 15 is 0 Å². The van der Waals surface area contributed by atoms with Crippen LogP contribution < -0.4 is 5.32 Å². The zero-order valence-corrected chi connectivity index (χ0v) is 9.50. The van der Waals surface area contributed by atoms with Crippen LogP contribution in [0.15, 0.2) is 30.6 Å². The summed E-state index contributed by atoms with van der Waals surface area (Å²) >= 11 is 5.76. The van der Waals surface area contributed by atoms with Gasteiger partial charge >= 0.3 is 0 Å². The van der Waals surface area contributed by atoms with E-state index in [0.29, 0.717) is 16.7 Å². The van der Waals surface area contributed by atoms with Crippen molar-refractivity contribution in [3.63, 3.8) is 0 Å². The van der Waals surface area contributed by atoms with Gasteiger partial charge in [-0.2, -0.15) is 0 Å². The first kappa shape index (κ1) is 11.0. The molecule has 0 bridgehead atoms. The van der Waals surface area contributed by atoms with Gasteiger partial charge in [0.2, 0.25) is 5.95 Å². The first-order valence-corrected chi connectivity index (χ1v) is 5.31. The number of benzene rings is 1. The van der Waals surface area contributed by atoms with Crippen molar-refractivity contribution in [3.05, 3.63) is 41.4 Å². The minimum atomic E-state index is -0.371. The quantitative estimate of drug-likeness (QED) is 0.889. The van der Waals surface area contributed by atoms with Gasteiger partial charge in [-0.1, -0.05) is 11.6 Å². The summed E-state index contributed by atoms with van der Waals surface area (Å²) < 4.78 is 15.0. The summed E-state index contributed by atoms with van der Waals surface area (Å²) in [4.78, 5) is 4.13. The fourth-order valence-electron chi connectivity index (χ4n) is 1.44. The molecular formula is C11H11ClFN3. The molecule has 0 aliphatic rings. The summed E-state index contributed by atoms with van der Waals surface area (Å²) in [7, 11) is 0. The van der Waals surface area contributed by atoms with Crippen molar-refractivity contribution in [2.24, 2.45) is 0 Å². The molecular weight excluding hydrogens is 229 g/mol. The molecule has 3 nitrogen and oxygen atoms in total. The maximum atomic E-state index is 13.1. The highest BCUT2D eigenvalue weighted by molar-refractivity contribution is 6.30. The number of aromatic nitrogens is 2. The summed E-state index contributed by atoms with van der Waals surface area (Å²) in [5.41, 5.74) is 0.589. The van der Waals surface area contributed by atoms with Crippen LogP contribution in [0.3, 0.4) is 0 Å². The molecule has 0 fully saturated rings. The third-order valence-corrected chi connectivity index (χ3v) is 2.39. The van der Waals surface area contributed by atoms with E-state index in [0.717, 1.165) is 6.54 Å². The predicted octanol–water partition coefficient (Wildman–Crippen LogP) is 3.44. The van der Waals surface area contributed by atoms with E-state index in [9.17, 15) is 4.39 Å². The van der Waals surface area contributed by atoms with E-state index in [2.05, 4.69) is 10.3 Å². The molecule has 0 saturated heterocycles. The van der Waals surface area contributed by atoms with Crippen LogP contribution in [-0.2, 0) is 6.54 Å². The Morgan fingerprint density at radius 3 is 2.94 bits per heavy atom. The van der Waals surface area contributed by atoms with E-state index in [-0.39, 0.29) is 5.82 Å². The SMILES string of the molecule is CCn1ccnc1Nc1cc(F)cc(Cl)c1. The van der Waals surface area contributed by atoms with Crippen LogP contribution in [0.25, 0.3) is 0 Å². The molecule has 0 aliphatic heterocycles. The second-order valence-electron chi connectivity index (χ2n) is 3.32. The van der Waals surface area contributed by atoms with Gasteiger partial charge in [-0.3, -0.25) is 0 Å². The zero-order chi connectivity index (χ0) is 11.5. The summed E-state index contributed by atoms with van der Waals surface area (Å²) in [5, 5.41) is 3.37. The molecule has 1 aromatic carbocycles. The molecule has 0 spiro atoms. The molecule has 1 aromatic heterocycles. The van der Waals surface area contributed by atoms with Crippen molar-refractivity contribution in [1.82, 2.24) is 9.55 Å². The van der Waals surface area contributed by atoms with Gasteiger partial charge < -0.3 is 9.88 Å². The molecule has 2 rings (SSSR count).